The van der Waals surface area contributed by atoms with Gasteiger partial charge in [-0.3, -0.25) is 0 Å². The largest absolute Gasteiger partial charge is 0.497 e. The van der Waals surface area contributed by atoms with E-state index in [-0.39, 0.29) is 6.04 Å². The summed E-state index contributed by atoms with van der Waals surface area (Å²) in [5, 5.41) is 10.0. The maximum atomic E-state index is 5.37. The van der Waals surface area contributed by atoms with E-state index in [0.29, 0.717) is 0 Å². The number of thiazole rings is 1. The van der Waals surface area contributed by atoms with E-state index in [0.717, 1.165) is 34.3 Å². The standard InChI is InChI=1S/C21H21N3OS/c1-14-7-9-16(10-8-14)20-12-19(17-5-4-6-18(11-17)25-3)23-24(20)21-22-15(2)13-26-21/h4-11,13,20H,12H2,1-3H3/t20-/m0/s1. The third kappa shape index (κ3) is 3.22. The van der Waals surface area contributed by atoms with E-state index in [9.17, 15) is 0 Å². The van der Waals surface area contributed by atoms with E-state index in [1.807, 2.05) is 25.1 Å². The molecule has 1 aliphatic heterocycles. The number of aryl methyl sites for hydroxylation is 2. The minimum atomic E-state index is 0.155. The topological polar surface area (TPSA) is 37.7 Å². The highest BCUT2D eigenvalue weighted by Gasteiger charge is 2.31. The van der Waals surface area contributed by atoms with Gasteiger partial charge in [0.1, 0.15) is 5.75 Å². The summed E-state index contributed by atoms with van der Waals surface area (Å²) in [4.78, 5) is 4.66. The molecule has 1 aromatic heterocycles. The predicted molar refractivity (Wildman–Crippen MR) is 107 cm³/mol. The molecule has 4 nitrogen and oxygen atoms in total. The minimum Gasteiger partial charge on any atom is -0.497 e. The normalized spacial score (nSPS) is 16.7. The van der Waals surface area contributed by atoms with Crippen LogP contribution in [0.2, 0.25) is 0 Å². The second kappa shape index (κ2) is 6.92. The molecule has 0 unspecified atom stereocenters. The van der Waals surface area contributed by atoms with Gasteiger partial charge in [-0.05, 0) is 31.5 Å². The molecule has 0 fully saturated rings. The third-order valence-corrected chi connectivity index (χ3v) is 5.53. The number of benzene rings is 2. The molecule has 2 heterocycles. The van der Waals surface area contributed by atoms with Gasteiger partial charge in [0.2, 0.25) is 5.13 Å². The Balaban J connectivity index is 1.73. The summed E-state index contributed by atoms with van der Waals surface area (Å²) in [6.07, 6.45) is 0.842. The lowest BCUT2D eigenvalue weighted by Gasteiger charge is -2.21. The van der Waals surface area contributed by atoms with Crippen LogP contribution in [0.1, 0.15) is 34.8 Å². The van der Waals surface area contributed by atoms with Crippen LogP contribution in [0.5, 0.6) is 5.75 Å². The van der Waals surface area contributed by atoms with E-state index >= 15 is 0 Å². The van der Waals surface area contributed by atoms with Crippen LogP contribution >= 0.6 is 11.3 Å². The highest BCUT2D eigenvalue weighted by molar-refractivity contribution is 7.13. The smallest absolute Gasteiger partial charge is 0.206 e. The maximum Gasteiger partial charge on any atom is 0.206 e. The summed E-state index contributed by atoms with van der Waals surface area (Å²) in [6, 6.07) is 16.9. The maximum absolute atomic E-state index is 5.37. The van der Waals surface area contributed by atoms with Crippen molar-refractivity contribution in [1.29, 1.82) is 0 Å². The van der Waals surface area contributed by atoms with Gasteiger partial charge in [0, 0.05) is 17.4 Å². The van der Waals surface area contributed by atoms with Crippen LogP contribution < -0.4 is 9.75 Å². The fraction of sp³-hybridized carbons (Fsp3) is 0.238. The molecule has 0 saturated carbocycles. The first-order chi connectivity index (χ1) is 12.6. The zero-order valence-electron chi connectivity index (χ0n) is 15.1. The number of ether oxygens (including phenoxy) is 1. The average Bonchev–Trinajstić information content (AvgIpc) is 3.29. The Kier molecular flexibility index (Phi) is 4.47. The lowest BCUT2D eigenvalue weighted by Crippen LogP contribution is -2.18. The molecular formula is C21H21N3OS. The van der Waals surface area contributed by atoms with Crippen molar-refractivity contribution in [2.24, 2.45) is 5.10 Å². The van der Waals surface area contributed by atoms with Gasteiger partial charge in [-0.2, -0.15) is 5.10 Å². The van der Waals surface area contributed by atoms with Crippen molar-refractivity contribution in [2.75, 3.05) is 12.1 Å². The predicted octanol–water partition coefficient (Wildman–Crippen LogP) is 5.12. The van der Waals surface area contributed by atoms with E-state index in [1.54, 1.807) is 18.4 Å². The Hall–Kier alpha value is -2.66. The first-order valence-corrected chi connectivity index (χ1v) is 9.52. The van der Waals surface area contributed by atoms with Gasteiger partial charge in [-0.1, -0.05) is 42.0 Å². The number of hydrogen-bond acceptors (Lipinski definition) is 5. The lowest BCUT2D eigenvalue weighted by atomic mass is 9.98. The quantitative estimate of drug-likeness (QED) is 0.645. The van der Waals surface area contributed by atoms with Crippen LogP contribution in [0.25, 0.3) is 0 Å². The highest BCUT2D eigenvalue weighted by Crippen LogP contribution is 2.38. The van der Waals surface area contributed by atoms with E-state index in [2.05, 4.69) is 52.6 Å². The molecular weight excluding hydrogens is 342 g/mol. The molecule has 0 aliphatic carbocycles. The second-order valence-corrected chi connectivity index (χ2v) is 7.36. The lowest BCUT2D eigenvalue weighted by molar-refractivity contribution is 0.414. The zero-order chi connectivity index (χ0) is 18.1. The Morgan fingerprint density at radius 2 is 1.92 bits per heavy atom. The van der Waals surface area contributed by atoms with E-state index in [1.165, 1.54) is 11.1 Å². The van der Waals surface area contributed by atoms with Crippen LogP contribution in [-0.2, 0) is 0 Å². The average molecular weight is 363 g/mol. The van der Waals surface area contributed by atoms with Crippen LogP contribution in [0.4, 0.5) is 5.13 Å². The van der Waals surface area contributed by atoms with Crippen LogP contribution in [0.15, 0.2) is 59.0 Å². The Morgan fingerprint density at radius 1 is 1.12 bits per heavy atom. The van der Waals surface area contributed by atoms with Gasteiger partial charge < -0.3 is 4.74 Å². The third-order valence-electron chi connectivity index (χ3n) is 4.58. The SMILES string of the molecule is COc1cccc(C2=NN(c3nc(C)cs3)[C@H](c3ccc(C)cc3)C2)c1. The monoisotopic (exact) mass is 363 g/mol. The van der Waals surface area contributed by atoms with Gasteiger partial charge >= 0.3 is 0 Å². The zero-order valence-corrected chi connectivity index (χ0v) is 16.0. The molecule has 132 valence electrons. The van der Waals surface area contributed by atoms with E-state index in [4.69, 9.17) is 9.84 Å². The van der Waals surface area contributed by atoms with Gasteiger partial charge in [0.05, 0.1) is 24.6 Å². The molecule has 4 rings (SSSR count). The molecule has 5 heteroatoms. The number of methoxy groups -OCH3 is 1. The molecule has 1 atom stereocenters. The van der Waals surface area contributed by atoms with Crippen LogP contribution in [0, 0.1) is 13.8 Å². The molecule has 0 N–H and O–H groups in total. The number of anilines is 1. The van der Waals surface area contributed by atoms with Crippen molar-refractivity contribution in [1.82, 2.24) is 4.98 Å². The van der Waals surface area contributed by atoms with Crippen molar-refractivity contribution in [2.45, 2.75) is 26.3 Å². The molecule has 0 spiro atoms. The Morgan fingerprint density at radius 3 is 2.62 bits per heavy atom. The number of nitrogens with zero attached hydrogens (tertiary/aromatic N) is 3. The number of rotatable bonds is 4. The van der Waals surface area contributed by atoms with Gasteiger partial charge in [-0.15, -0.1) is 11.3 Å². The Bertz CT molecular complexity index is 946. The van der Waals surface area contributed by atoms with Crippen molar-refractivity contribution >= 4 is 22.2 Å². The fourth-order valence-electron chi connectivity index (χ4n) is 3.16. The number of hydrazone groups is 1. The summed E-state index contributed by atoms with van der Waals surface area (Å²) >= 11 is 1.64. The number of hydrogen-bond donors (Lipinski definition) is 0. The first kappa shape index (κ1) is 16.8. The van der Waals surface area contributed by atoms with Crippen LogP contribution in [-0.4, -0.2) is 17.8 Å². The molecule has 0 radical (unpaired) electrons. The summed E-state index contributed by atoms with van der Waals surface area (Å²) in [7, 11) is 1.69. The van der Waals surface area contributed by atoms with Crippen LogP contribution in [0.3, 0.4) is 0 Å². The summed E-state index contributed by atoms with van der Waals surface area (Å²) in [5.74, 6) is 0.848. The highest BCUT2D eigenvalue weighted by atomic mass is 32.1. The molecule has 2 aromatic carbocycles. The molecule has 0 saturated heterocycles. The summed E-state index contributed by atoms with van der Waals surface area (Å²) in [5.41, 5.74) is 5.69. The summed E-state index contributed by atoms with van der Waals surface area (Å²) in [6.45, 7) is 4.13. The Labute approximate surface area is 157 Å². The fourth-order valence-corrected chi connectivity index (χ4v) is 3.96. The number of aromatic nitrogens is 1. The molecule has 3 aromatic rings. The molecule has 0 bridgehead atoms. The molecule has 1 aliphatic rings. The van der Waals surface area contributed by atoms with Gasteiger partial charge in [-0.25, -0.2) is 9.99 Å². The van der Waals surface area contributed by atoms with Gasteiger partial charge in [0.25, 0.3) is 0 Å². The molecule has 0 amide bonds. The van der Waals surface area contributed by atoms with Crippen molar-refractivity contribution in [3.05, 3.63) is 76.3 Å². The minimum absolute atomic E-state index is 0.155. The van der Waals surface area contributed by atoms with Crippen molar-refractivity contribution in [3.63, 3.8) is 0 Å². The van der Waals surface area contributed by atoms with Crippen molar-refractivity contribution < 1.29 is 4.74 Å². The first-order valence-electron chi connectivity index (χ1n) is 8.64. The second-order valence-electron chi connectivity index (χ2n) is 6.53. The van der Waals surface area contributed by atoms with E-state index < -0.39 is 0 Å². The van der Waals surface area contributed by atoms with Crippen molar-refractivity contribution in [3.8, 4) is 5.75 Å². The van der Waals surface area contributed by atoms with Gasteiger partial charge in [0.15, 0.2) is 0 Å². The summed E-state index contributed by atoms with van der Waals surface area (Å²) < 4.78 is 5.37. The molecule has 26 heavy (non-hydrogen) atoms.